The van der Waals surface area contributed by atoms with Gasteiger partial charge in [-0.2, -0.15) is 0 Å². The molecule has 146 valence electrons. The number of rotatable bonds is 8. The van der Waals surface area contributed by atoms with Crippen molar-refractivity contribution in [2.24, 2.45) is 0 Å². The lowest BCUT2D eigenvalue weighted by Gasteiger charge is -2.29. The highest BCUT2D eigenvalue weighted by molar-refractivity contribution is 7.97. The molecule has 2 aromatic carbocycles. The summed E-state index contributed by atoms with van der Waals surface area (Å²) < 4.78 is 14.2. The standard InChI is InChI=1S/C20H24Cl2N2O2S/c1-25-18-10-14-6-9-24(13-15(14)11-19(18)26-2)8-3-7-23-27-20-12-16(21)4-5-17(20)22/h4-5,10-12,23H,3,6-9,13H2,1-2H3. The molecule has 0 fully saturated rings. The molecule has 1 aliphatic rings. The maximum Gasteiger partial charge on any atom is 0.161 e. The quantitative estimate of drug-likeness (QED) is 0.471. The number of hydrogen-bond acceptors (Lipinski definition) is 5. The Morgan fingerprint density at radius 1 is 1.07 bits per heavy atom. The second-order valence-corrected chi connectivity index (χ2v) is 8.20. The van der Waals surface area contributed by atoms with Gasteiger partial charge in [-0.05, 0) is 72.8 Å². The second-order valence-electron chi connectivity index (χ2n) is 6.43. The number of ether oxygens (including phenoxy) is 2. The van der Waals surface area contributed by atoms with E-state index in [4.69, 9.17) is 32.7 Å². The molecule has 1 heterocycles. The predicted octanol–water partition coefficient (Wildman–Crippen LogP) is 5.06. The van der Waals surface area contributed by atoms with E-state index in [1.165, 1.54) is 23.1 Å². The van der Waals surface area contributed by atoms with E-state index < -0.39 is 0 Å². The molecule has 0 atom stereocenters. The minimum absolute atomic E-state index is 0.697. The van der Waals surface area contributed by atoms with Crippen molar-refractivity contribution in [3.63, 3.8) is 0 Å². The van der Waals surface area contributed by atoms with Crippen LogP contribution >= 0.6 is 35.1 Å². The van der Waals surface area contributed by atoms with Crippen LogP contribution in [0.5, 0.6) is 11.5 Å². The summed E-state index contributed by atoms with van der Waals surface area (Å²) in [7, 11) is 3.36. The predicted molar refractivity (Wildman–Crippen MR) is 113 cm³/mol. The van der Waals surface area contributed by atoms with Gasteiger partial charge in [0.1, 0.15) is 0 Å². The van der Waals surface area contributed by atoms with Crippen molar-refractivity contribution in [2.75, 3.05) is 33.9 Å². The number of halogens is 2. The van der Waals surface area contributed by atoms with Crippen molar-refractivity contribution in [1.29, 1.82) is 0 Å². The molecular weight excluding hydrogens is 403 g/mol. The fraction of sp³-hybridized carbons (Fsp3) is 0.400. The summed E-state index contributed by atoms with van der Waals surface area (Å²) >= 11 is 13.7. The molecule has 0 saturated carbocycles. The van der Waals surface area contributed by atoms with Gasteiger partial charge < -0.3 is 9.47 Å². The van der Waals surface area contributed by atoms with Crippen molar-refractivity contribution in [3.05, 3.63) is 51.5 Å². The van der Waals surface area contributed by atoms with E-state index >= 15 is 0 Å². The van der Waals surface area contributed by atoms with E-state index in [-0.39, 0.29) is 0 Å². The Labute approximate surface area is 175 Å². The maximum absolute atomic E-state index is 6.18. The number of benzene rings is 2. The molecule has 4 nitrogen and oxygen atoms in total. The molecule has 0 aliphatic carbocycles. The number of fused-ring (bicyclic) bond motifs is 1. The van der Waals surface area contributed by atoms with Crippen molar-refractivity contribution >= 4 is 35.1 Å². The molecule has 27 heavy (non-hydrogen) atoms. The highest BCUT2D eigenvalue weighted by Gasteiger charge is 2.19. The van der Waals surface area contributed by atoms with E-state index in [0.29, 0.717) is 10.0 Å². The normalized spacial score (nSPS) is 14.1. The zero-order valence-electron chi connectivity index (χ0n) is 15.6. The summed E-state index contributed by atoms with van der Waals surface area (Å²) in [5.41, 5.74) is 2.68. The Bertz CT molecular complexity index is 789. The summed E-state index contributed by atoms with van der Waals surface area (Å²) in [6.45, 7) is 3.96. The van der Waals surface area contributed by atoms with Crippen LogP contribution in [0.4, 0.5) is 0 Å². The number of methoxy groups -OCH3 is 2. The fourth-order valence-corrected chi connectivity index (χ4v) is 4.41. The van der Waals surface area contributed by atoms with Crippen LogP contribution in [0.25, 0.3) is 0 Å². The second kappa shape index (κ2) is 9.89. The maximum atomic E-state index is 6.18. The van der Waals surface area contributed by atoms with Gasteiger partial charge in [0.05, 0.1) is 19.2 Å². The first-order valence-electron chi connectivity index (χ1n) is 8.91. The van der Waals surface area contributed by atoms with Crippen LogP contribution in [-0.2, 0) is 13.0 Å². The van der Waals surface area contributed by atoms with Crippen LogP contribution in [0.1, 0.15) is 17.5 Å². The largest absolute Gasteiger partial charge is 0.493 e. The molecule has 3 rings (SSSR count). The van der Waals surface area contributed by atoms with E-state index in [1.807, 2.05) is 12.1 Å². The first-order chi connectivity index (χ1) is 13.1. The third kappa shape index (κ3) is 5.46. The molecule has 0 saturated heterocycles. The molecule has 0 radical (unpaired) electrons. The van der Waals surface area contributed by atoms with Crippen molar-refractivity contribution in [1.82, 2.24) is 9.62 Å². The molecule has 2 aromatic rings. The van der Waals surface area contributed by atoms with Crippen molar-refractivity contribution < 1.29 is 9.47 Å². The van der Waals surface area contributed by atoms with E-state index in [2.05, 4.69) is 21.8 Å². The SMILES string of the molecule is COc1cc2c(cc1OC)CN(CCCNSc1cc(Cl)ccc1Cl)CC2. The molecule has 1 aliphatic heterocycles. The van der Waals surface area contributed by atoms with Crippen LogP contribution in [-0.4, -0.2) is 38.8 Å². The van der Waals surface area contributed by atoms with Gasteiger partial charge in [0.2, 0.25) is 0 Å². The summed E-state index contributed by atoms with van der Waals surface area (Å²) in [6.07, 6.45) is 2.10. The van der Waals surface area contributed by atoms with E-state index in [1.54, 1.807) is 20.3 Å². The van der Waals surface area contributed by atoms with Crippen LogP contribution < -0.4 is 14.2 Å². The fourth-order valence-electron chi connectivity index (χ4n) is 3.19. The highest BCUT2D eigenvalue weighted by atomic mass is 35.5. The Kier molecular flexibility index (Phi) is 7.56. The zero-order chi connectivity index (χ0) is 19.2. The number of nitrogens with one attached hydrogen (secondary N) is 1. The van der Waals surface area contributed by atoms with Gasteiger partial charge in [-0.3, -0.25) is 9.62 Å². The molecule has 1 N–H and O–H groups in total. The summed E-state index contributed by atoms with van der Waals surface area (Å²) in [6, 6.07) is 9.72. The Balaban J connectivity index is 1.46. The van der Waals surface area contributed by atoms with E-state index in [0.717, 1.165) is 55.4 Å². The first-order valence-corrected chi connectivity index (χ1v) is 10.5. The van der Waals surface area contributed by atoms with Gasteiger partial charge in [-0.25, -0.2) is 0 Å². The monoisotopic (exact) mass is 426 g/mol. The molecular formula is C20H24Cl2N2O2S. The van der Waals surface area contributed by atoms with Crippen LogP contribution in [0.2, 0.25) is 10.0 Å². The van der Waals surface area contributed by atoms with Crippen LogP contribution in [0.15, 0.2) is 35.2 Å². The Hall–Kier alpha value is -1.11. The molecule has 0 aromatic heterocycles. The van der Waals surface area contributed by atoms with Gasteiger partial charge in [0.15, 0.2) is 11.5 Å². The average molecular weight is 427 g/mol. The zero-order valence-corrected chi connectivity index (χ0v) is 17.9. The minimum Gasteiger partial charge on any atom is -0.493 e. The summed E-state index contributed by atoms with van der Waals surface area (Å²) in [4.78, 5) is 3.43. The van der Waals surface area contributed by atoms with Gasteiger partial charge in [0, 0.05) is 29.6 Å². The molecule has 0 bridgehead atoms. The van der Waals surface area contributed by atoms with Gasteiger partial charge >= 0.3 is 0 Å². The number of nitrogens with zero attached hydrogens (tertiary/aromatic N) is 1. The first kappa shape index (κ1) is 20.6. The van der Waals surface area contributed by atoms with Crippen LogP contribution in [0.3, 0.4) is 0 Å². The average Bonchev–Trinajstić information content (AvgIpc) is 2.69. The third-order valence-corrected chi connectivity index (χ3v) is 6.21. The van der Waals surface area contributed by atoms with E-state index in [9.17, 15) is 0 Å². The Morgan fingerprint density at radius 2 is 1.81 bits per heavy atom. The summed E-state index contributed by atoms with van der Waals surface area (Å²) in [5.74, 6) is 1.61. The van der Waals surface area contributed by atoms with Gasteiger partial charge in [-0.15, -0.1) is 0 Å². The molecule has 7 heteroatoms. The topological polar surface area (TPSA) is 33.7 Å². The molecule has 0 amide bonds. The highest BCUT2D eigenvalue weighted by Crippen LogP contribution is 2.33. The van der Waals surface area contributed by atoms with Crippen LogP contribution in [0, 0.1) is 0 Å². The summed E-state index contributed by atoms with van der Waals surface area (Å²) in [5, 5.41) is 1.41. The number of hydrogen-bond donors (Lipinski definition) is 1. The lowest BCUT2D eigenvalue weighted by Crippen LogP contribution is -2.32. The molecule has 0 unspecified atom stereocenters. The van der Waals surface area contributed by atoms with Gasteiger partial charge in [0.25, 0.3) is 0 Å². The van der Waals surface area contributed by atoms with Gasteiger partial charge in [-0.1, -0.05) is 23.2 Å². The van der Waals surface area contributed by atoms with Crippen molar-refractivity contribution in [3.8, 4) is 11.5 Å². The Morgan fingerprint density at radius 3 is 2.56 bits per heavy atom. The smallest absolute Gasteiger partial charge is 0.161 e. The third-order valence-electron chi connectivity index (χ3n) is 4.63. The molecule has 0 spiro atoms. The minimum atomic E-state index is 0.697. The lowest BCUT2D eigenvalue weighted by molar-refractivity contribution is 0.250. The van der Waals surface area contributed by atoms with Crippen molar-refractivity contribution in [2.45, 2.75) is 24.3 Å². The lowest BCUT2D eigenvalue weighted by atomic mass is 9.98.